The van der Waals surface area contributed by atoms with Crippen LogP contribution in [0.15, 0.2) is 36.4 Å². The minimum Gasteiger partial charge on any atom is -0.502 e. The third-order valence-corrected chi connectivity index (χ3v) is 3.91. The Morgan fingerprint density at radius 1 is 0.656 bits per heavy atom. The summed E-state index contributed by atoms with van der Waals surface area (Å²) in [7, 11) is 0. The van der Waals surface area contributed by atoms with Gasteiger partial charge < -0.3 is 19.7 Å². The second-order valence-electron chi connectivity index (χ2n) is 5.93. The van der Waals surface area contributed by atoms with Gasteiger partial charge in [0.25, 0.3) is 0 Å². The van der Waals surface area contributed by atoms with Gasteiger partial charge in [0, 0.05) is 0 Å². The average Bonchev–Trinajstić information content (AvgIpc) is 2.74. The molecule has 0 heterocycles. The molecule has 0 atom stereocenters. The number of aromatic hydroxyl groups is 2. The Morgan fingerprint density at radius 2 is 0.969 bits per heavy atom. The van der Waals surface area contributed by atoms with E-state index in [4.69, 9.17) is 9.47 Å². The number of nitro benzene ring substituents is 2. The molecule has 0 aliphatic heterocycles. The smallest absolute Gasteiger partial charge is 0.314 e. The van der Waals surface area contributed by atoms with Crippen LogP contribution >= 0.6 is 0 Å². The van der Waals surface area contributed by atoms with Gasteiger partial charge >= 0.3 is 11.4 Å². The zero-order chi connectivity index (χ0) is 23.7. The Labute approximate surface area is 173 Å². The summed E-state index contributed by atoms with van der Waals surface area (Å²) in [5, 5.41) is 40.4. The molecule has 0 unspecified atom stereocenters. The Hall–Kier alpha value is -4.62. The van der Waals surface area contributed by atoms with Gasteiger partial charge in [-0.3, -0.25) is 20.2 Å². The van der Waals surface area contributed by atoms with Crippen LogP contribution in [-0.2, 0) is 0 Å². The summed E-state index contributed by atoms with van der Waals surface area (Å²) in [5.41, 5.74) is -1.81. The van der Waals surface area contributed by atoms with Crippen LogP contribution in [0.3, 0.4) is 0 Å². The summed E-state index contributed by atoms with van der Waals surface area (Å²) in [6.07, 6.45) is 0. The van der Waals surface area contributed by atoms with Gasteiger partial charge in [0.2, 0.25) is 34.8 Å². The quantitative estimate of drug-likeness (QED) is 0.227. The number of halogens is 4. The van der Waals surface area contributed by atoms with Crippen molar-refractivity contribution < 1.29 is 47.1 Å². The zero-order valence-electron chi connectivity index (χ0n) is 15.2. The van der Waals surface area contributed by atoms with Gasteiger partial charge in [-0.1, -0.05) is 0 Å². The third kappa shape index (κ3) is 4.00. The summed E-state index contributed by atoms with van der Waals surface area (Å²) >= 11 is 0. The molecule has 2 N–H and O–H groups in total. The van der Waals surface area contributed by atoms with Crippen LogP contribution in [0.5, 0.6) is 34.5 Å². The molecule has 10 nitrogen and oxygen atoms in total. The Morgan fingerprint density at radius 3 is 1.25 bits per heavy atom. The van der Waals surface area contributed by atoms with Gasteiger partial charge in [0.05, 0.1) is 22.0 Å². The first-order valence-electron chi connectivity index (χ1n) is 8.17. The largest absolute Gasteiger partial charge is 0.502 e. The standard InChI is InChI=1S/C18H8F4N2O8/c19-13-15(21)18(32-8-2-4-12(26)10(6-8)24(29)30)16(22)14(20)17(13)31-7-1-3-11(25)9(5-7)23(27)28/h1-6,25-26H. The second-order valence-corrected chi connectivity index (χ2v) is 5.93. The minimum absolute atomic E-state index is 0.560. The molecule has 0 aromatic heterocycles. The van der Waals surface area contributed by atoms with Crippen molar-refractivity contribution in [2.45, 2.75) is 0 Å². The van der Waals surface area contributed by atoms with E-state index < -0.39 is 79.0 Å². The van der Waals surface area contributed by atoms with E-state index in [0.717, 1.165) is 24.3 Å². The molecule has 32 heavy (non-hydrogen) atoms. The van der Waals surface area contributed by atoms with Gasteiger partial charge in [-0.25, -0.2) is 0 Å². The number of nitrogens with zero attached hydrogens (tertiary/aromatic N) is 2. The topological polar surface area (TPSA) is 145 Å². The average molecular weight is 456 g/mol. The molecule has 14 heteroatoms. The molecule has 0 bridgehead atoms. The summed E-state index contributed by atoms with van der Waals surface area (Å²) in [5.74, 6) is -14.4. The molecule has 3 aromatic rings. The summed E-state index contributed by atoms with van der Waals surface area (Å²) in [6.45, 7) is 0. The molecule has 0 radical (unpaired) electrons. The summed E-state index contributed by atoms with van der Waals surface area (Å²) < 4.78 is 66.9. The molecule has 0 aliphatic rings. The predicted octanol–water partition coefficient (Wildman–Crippen LogP) is 5.06. The lowest BCUT2D eigenvalue weighted by molar-refractivity contribution is -0.386. The SMILES string of the molecule is O=[N+]([O-])c1cc(Oc2c(F)c(F)c(Oc3ccc(O)c([N+](=O)[O-])c3)c(F)c2F)ccc1O. The fourth-order valence-corrected chi connectivity index (χ4v) is 2.43. The number of phenolic OH excluding ortho intramolecular Hbond substituents is 2. The third-order valence-electron chi connectivity index (χ3n) is 3.91. The molecule has 3 rings (SSSR count). The molecule has 0 aliphatic carbocycles. The van der Waals surface area contributed by atoms with Gasteiger partial charge in [0.15, 0.2) is 11.5 Å². The highest BCUT2D eigenvalue weighted by atomic mass is 19.2. The molecule has 0 amide bonds. The molecular weight excluding hydrogens is 448 g/mol. The maximum Gasteiger partial charge on any atom is 0.314 e. The molecule has 0 spiro atoms. The van der Waals surface area contributed by atoms with Crippen LogP contribution in [0.1, 0.15) is 0 Å². The number of hydrogen-bond acceptors (Lipinski definition) is 8. The van der Waals surface area contributed by atoms with Crippen molar-refractivity contribution in [2.75, 3.05) is 0 Å². The van der Waals surface area contributed by atoms with Crippen LogP contribution in [0.25, 0.3) is 0 Å². The Bertz CT molecular complexity index is 1140. The van der Waals surface area contributed by atoms with Gasteiger partial charge in [0.1, 0.15) is 11.5 Å². The van der Waals surface area contributed by atoms with E-state index >= 15 is 0 Å². The van der Waals surface area contributed by atoms with Crippen molar-refractivity contribution in [3.63, 3.8) is 0 Å². The van der Waals surface area contributed by atoms with Crippen LogP contribution in [0, 0.1) is 43.5 Å². The predicted molar refractivity (Wildman–Crippen MR) is 95.9 cm³/mol. The number of benzene rings is 3. The zero-order valence-corrected chi connectivity index (χ0v) is 15.2. The number of phenols is 2. The first-order valence-corrected chi connectivity index (χ1v) is 8.17. The lowest BCUT2D eigenvalue weighted by Crippen LogP contribution is -2.04. The van der Waals surface area contributed by atoms with Crippen molar-refractivity contribution in [2.24, 2.45) is 0 Å². The first kappa shape index (κ1) is 22.1. The number of rotatable bonds is 6. The van der Waals surface area contributed by atoms with Crippen molar-refractivity contribution in [3.8, 4) is 34.5 Å². The molecule has 0 saturated heterocycles. The number of ether oxygens (including phenoxy) is 2. The van der Waals surface area contributed by atoms with E-state index in [-0.39, 0.29) is 0 Å². The fraction of sp³-hybridized carbons (Fsp3) is 0. The van der Waals surface area contributed by atoms with Crippen LogP contribution in [0.2, 0.25) is 0 Å². The summed E-state index contributed by atoms with van der Waals surface area (Å²) in [6, 6.07) is 4.32. The highest BCUT2D eigenvalue weighted by Gasteiger charge is 2.30. The fourth-order valence-electron chi connectivity index (χ4n) is 2.43. The maximum absolute atomic E-state index is 14.4. The second kappa shape index (κ2) is 8.25. The highest BCUT2D eigenvalue weighted by Crippen LogP contribution is 2.41. The van der Waals surface area contributed by atoms with Crippen LogP contribution in [0.4, 0.5) is 28.9 Å². The van der Waals surface area contributed by atoms with Crippen LogP contribution in [-0.4, -0.2) is 20.1 Å². The van der Waals surface area contributed by atoms with E-state index in [9.17, 15) is 48.0 Å². The molecule has 0 saturated carbocycles. The van der Waals surface area contributed by atoms with E-state index in [1.807, 2.05) is 0 Å². The van der Waals surface area contributed by atoms with E-state index in [1.165, 1.54) is 0 Å². The van der Waals surface area contributed by atoms with Crippen molar-refractivity contribution >= 4 is 11.4 Å². The first-order chi connectivity index (χ1) is 15.0. The molecular formula is C18H8F4N2O8. The van der Waals surface area contributed by atoms with Crippen molar-refractivity contribution in [3.05, 3.63) is 79.9 Å². The minimum atomic E-state index is -2.08. The molecule has 166 valence electrons. The van der Waals surface area contributed by atoms with Gasteiger partial charge in [-0.05, 0) is 24.3 Å². The lowest BCUT2D eigenvalue weighted by atomic mass is 10.2. The normalized spacial score (nSPS) is 10.6. The van der Waals surface area contributed by atoms with E-state index in [1.54, 1.807) is 0 Å². The van der Waals surface area contributed by atoms with Crippen molar-refractivity contribution in [1.82, 2.24) is 0 Å². The van der Waals surface area contributed by atoms with Gasteiger partial charge in [-0.15, -0.1) is 0 Å². The highest BCUT2D eigenvalue weighted by molar-refractivity contribution is 5.53. The molecule has 0 fully saturated rings. The maximum atomic E-state index is 14.4. The molecule has 3 aromatic carbocycles. The summed E-state index contributed by atoms with van der Waals surface area (Å²) in [4.78, 5) is 19.6. The number of hydrogen-bond donors (Lipinski definition) is 2. The van der Waals surface area contributed by atoms with E-state index in [2.05, 4.69) is 0 Å². The van der Waals surface area contributed by atoms with Crippen LogP contribution < -0.4 is 9.47 Å². The Kier molecular flexibility index (Phi) is 5.69. The van der Waals surface area contributed by atoms with E-state index in [0.29, 0.717) is 12.1 Å². The number of nitro groups is 2. The van der Waals surface area contributed by atoms with Gasteiger partial charge in [-0.2, -0.15) is 17.6 Å². The van der Waals surface area contributed by atoms with Crippen molar-refractivity contribution in [1.29, 1.82) is 0 Å². The Balaban J connectivity index is 2.02. The monoisotopic (exact) mass is 456 g/mol. The lowest BCUT2D eigenvalue weighted by Gasteiger charge is -2.13.